The number of halogens is 1. The highest BCUT2D eigenvalue weighted by atomic mass is 35.5. The zero-order valence-corrected chi connectivity index (χ0v) is 14.4. The summed E-state index contributed by atoms with van der Waals surface area (Å²) in [5.41, 5.74) is 1.33. The molecule has 0 radical (unpaired) electrons. The maximum atomic E-state index is 13.1. The molecule has 124 valence electrons. The molecule has 0 N–H and O–H groups in total. The van der Waals surface area contributed by atoms with Crippen molar-refractivity contribution in [2.75, 3.05) is 7.11 Å². The first-order valence-corrected chi connectivity index (χ1v) is 8.74. The number of nitrogens with zero attached hydrogens (tertiary/aromatic N) is 2. The van der Waals surface area contributed by atoms with Gasteiger partial charge in [-0.15, -0.1) is 0 Å². The van der Waals surface area contributed by atoms with E-state index < -0.39 is 16.0 Å². The number of carbonyl (C=O) groups is 1. The van der Waals surface area contributed by atoms with Crippen molar-refractivity contribution >= 4 is 38.6 Å². The molecule has 8 heteroatoms. The highest BCUT2D eigenvalue weighted by Gasteiger charge is 2.27. The van der Waals surface area contributed by atoms with Gasteiger partial charge in [0.2, 0.25) is 0 Å². The van der Waals surface area contributed by atoms with Crippen molar-refractivity contribution in [1.82, 2.24) is 8.96 Å². The predicted molar refractivity (Wildman–Crippen MR) is 89.8 cm³/mol. The highest BCUT2D eigenvalue weighted by Crippen LogP contribution is 2.27. The number of rotatable bonds is 3. The molecule has 3 aromatic rings. The maximum absolute atomic E-state index is 13.1. The maximum Gasteiger partial charge on any atom is 0.355 e. The van der Waals surface area contributed by atoms with E-state index in [4.69, 9.17) is 16.3 Å². The molecule has 0 aliphatic heterocycles. The molecule has 0 unspecified atom stereocenters. The van der Waals surface area contributed by atoms with Crippen LogP contribution in [-0.2, 0) is 14.8 Å². The van der Waals surface area contributed by atoms with Crippen LogP contribution in [0.4, 0.5) is 0 Å². The van der Waals surface area contributed by atoms with Crippen LogP contribution in [0.1, 0.15) is 16.1 Å². The third kappa shape index (κ3) is 2.65. The fourth-order valence-electron chi connectivity index (χ4n) is 2.35. The van der Waals surface area contributed by atoms with Gasteiger partial charge in [-0.3, -0.25) is 4.98 Å². The number of hydrogen-bond donors (Lipinski definition) is 0. The summed E-state index contributed by atoms with van der Waals surface area (Å²) in [6.07, 6.45) is 1.38. The Kier molecular flexibility index (Phi) is 4.06. The Bertz CT molecular complexity index is 1040. The minimum atomic E-state index is -4.02. The molecule has 2 heterocycles. The largest absolute Gasteiger partial charge is 0.464 e. The number of aromatic nitrogens is 2. The first kappa shape index (κ1) is 16.5. The van der Waals surface area contributed by atoms with E-state index in [9.17, 15) is 13.2 Å². The Morgan fingerprint density at radius 1 is 1.21 bits per heavy atom. The quantitative estimate of drug-likeness (QED) is 0.667. The van der Waals surface area contributed by atoms with Crippen LogP contribution >= 0.6 is 11.6 Å². The number of ether oxygens (including phenoxy) is 1. The van der Waals surface area contributed by atoms with Crippen LogP contribution in [0.5, 0.6) is 0 Å². The van der Waals surface area contributed by atoms with Crippen LogP contribution in [0.3, 0.4) is 0 Å². The summed E-state index contributed by atoms with van der Waals surface area (Å²) in [6, 6.07) is 9.14. The molecule has 0 spiro atoms. The third-order valence-electron chi connectivity index (χ3n) is 3.53. The van der Waals surface area contributed by atoms with E-state index >= 15 is 0 Å². The first-order valence-electron chi connectivity index (χ1n) is 6.92. The van der Waals surface area contributed by atoms with E-state index in [1.54, 1.807) is 12.1 Å². The van der Waals surface area contributed by atoms with Gasteiger partial charge in [0.25, 0.3) is 10.0 Å². The normalized spacial score (nSPS) is 11.6. The van der Waals surface area contributed by atoms with Gasteiger partial charge in [0.1, 0.15) is 5.69 Å². The average molecular weight is 365 g/mol. The number of hydrogen-bond acceptors (Lipinski definition) is 5. The van der Waals surface area contributed by atoms with Crippen molar-refractivity contribution < 1.29 is 17.9 Å². The van der Waals surface area contributed by atoms with Crippen LogP contribution in [-0.4, -0.2) is 30.5 Å². The first-order chi connectivity index (χ1) is 11.3. The van der Waals surface area contributed by atoms with Crippen molar-refractivity contribution in [2.45, 2.75) is 11.8 Å². The summed E-state index contributed by atoms with van der Waals surface area (Å²) in [5.74, 6) is -0.778. The number of carbonyl (C=O) groups excluding carboxylic acids is 1. The number of benzene rings is 1. The number of aryl methyl sites for hydroxylation is 1. The van der Waals surface area contributed by atoms with Gasteiger partial charge in [-0.05, 0) is 31.2 Å². The molecule has 0 bridgehead atoms. The van der Waals surface area contributed by atoms with E-state index in [0.717, 1.165) is 9.54 Å². The molecule has 0 aliphatic rings. The minimum absolute atomic E-state index is 0.0516. The summed E-state index contributed by atoms with van der Waals surface area (Å²) in [5, 5.41) is 0.261. The fraction of sp³-hybridized carbons (Fsp3) is 0.125. The monoisotopic (exact) mass is 364 g/mol. The summed E-state index contributed by atoms with van der Waals surface area (Å²) >= 11 is 5.94. The Morgan fingerprint density at radius 3 is 2.50 bits per heavy atom. The lowest BCUT2D eigenvalue weighted by Gasteiger charge is -2.11. The van der Waals surface area contributed by atoms with Crippen molar-refractivity contribution in [3.8, 4) is 0 Å². The molecule has 6 nitrogen and oxygen atoms in total. The smallest absolute Gasteiger partial charge is 0.355 e. The van der Waals surface area contributed by atoms with Crippen LogP contribution in [0, 0.1) is 6.92 Å². The Hall–Kier alpha value is -2.38. The van der Waals surface area contributed by atoms with E-state index in [2.05, 4.69) is 4.98 Å². The number of pyridine rings is 1. The Labute approximate surface area is 143 Å². The van der Waals surface area contributed by atoms with Gasteiger partial charge in [-0.1, -0.05) is 29.3 Å². The van der Waals surface area contributed by atoms with Crippen LogP contribution in [0.15, 0.2) is 47.5 Å². The van der Waals surface area contributed by atoms with Gasteiger partial charge in [-0.25, -0.2) is 17.2 Å². The van der Waals surface area contributed by atoms with Gasteiger partial charge < -0.3 is 4.74 Å². The van der Waals surface area contributed by atoms with E-state index in [-0.39, 0.29) is 21.1 Å². The third-order valence-corrected chi connectivity index (χ3v) is 5.48. The molecule has 24 heavy (non-hydrogen) atoms. The molecule has 0 fully saturated rings. The number of methoxy groups -OCH3 is 1. The molecule has 0 aliphatic carbocycles. The van der Waals surface area contributed by atoms with Gasteiger partial charge in [-0.2, -0.15) is 0 Å². The Morgan fingerprint density at radius 2 is 1.88 bits per heavy atom. The van der Waals surface area contributed by atoms with Gasteiger partial charge in [0.05, 0.1) is 28.1 Å². The van der Waals surface area contributed by atoms with Crippen molar-refractivity contribution in [3.63, 3.8) is 0 Å². The molecule has 0 atom stereocenters. The van der Waals surface area contributed by atoms with Gasteiger partial charge >= 0.3 is 5.97 Å². The molecule has 0 saturated carbocycles. The van der Waals surface area contributed by atoms with Crippen molar-refractivity contribution in [1.29, 1.82) is 0 Å². The second-order valence-corrected chi connectivity index (χ2v) is 7.38. The zero-order valence-electron chi connectivity index (χ0n) is 12.9. The summed E-state index contributed by atoms with van der Waals surface area (Å²) in [4.78, 5) is 16.2. The summed E-state index contributed by atoms with van der Waals surface area (Å²) in [7, 11) is -2.84. The highest BCUT2D eigenvalue weighted by molar-refractivity contribution is 7.90. The summed E-state index contributed by atoms with van der Waals surface area (Å²) in [6.45, 7) is 1.85. The lowest BCUT2D eigenvalue weighted by molar-refractivity contribution is 0.0593. The predicted octanol–water partition coefficient (Wildman–Crippen LogP) is 3.02. The van der Waals surface area contributed by atoms with E-state index in [1.807, 2.05) is 6.92 Å². The fourth-order valence-corrected chi connectivity index (χ4v) is 3.99. The average Bonchev–Trinajstić information content (AvgIpc) is 2.93. The van der Waals surface area contributed by atoms with Crippen LogP contribution in [0.2, 0.25) is 5.02 Å². The SMILES string of the molecule is COC(=O)c1cc2ncc(Cl)cc2n1S(=O)(=O)c1ccc(C)cc1. The minimum Gasteiger partial charge on any atom is -0.464 e. The second-order valence-electron chi connectivity index (χ2n) is 5.16. The lowest BCUT2D eigenvalue weighted by Crippen LogP contribution is -2.19. The molecule has 0 saturated heterocycles. The molecular weight excluding hydrogens is 352 g/mol. The Balaban J connectivity index is 2.36. The van der Waals surface area contributed by atoms with Crippen molar-refractivity contribution in [3.05, 3.63) is 58.9 Å². The number of esters is 1. The van der Waals surface area contributed by atoms with E-state index in [0.29, 0.717) is 5.52 Å². The van der Waals surface area contributed by atoms with Gasteiger partial charge in [0.15, 0.2) is 0 Å². The number of fused-ring (bicyclic) bond motifs is 1. The van der Waals surface area contributed by atoms with Crippen molar-refractivity contribution in [2.24, 2.45) is 0 Å². The summed E-state index contributed by atoms with van der Waals surface area (Å²) < 4.78 is 31.7. The standard InChI is InChI=1S/C16H13ClN2O4S/c1-10-3-5-12(6-4-10)24(21,22)19-14-7-11(17)9-18-13(14)8-15(19)16(20)23-2/h3-9H,1-2H3. The molecule has 1 aromatic carbocycles. The van der Waals surface area contributed by atoms with Crippen LogP contribution < -0.4 is 0 Å². The molecular formula is C16H13ClN2O4S. The molecule has 0 amide bonds. The van der Waals surface area contributed by atoms with Crippen LogP contribution in [0.25, 0.3) is 11.0 Å². The molecule has 3 rings (SSSR count). The van der Waals surface area contributed by atoms with Gasteiger partial charge in [0, 0.05) is 6.20 Å². The van der Waals surface area contributed by atoms with E-state index in [1.165, 1.54) is 37.6 Å². The lowest BCUT2D eigenvalue weighted by atomic mass is 10.2. The molecule has 2 aromatic heterocycles. The zero-order chi connectivity index (χ0) is 17.5. The second kappa shape index (κ2) is 5.92. The topological polar surface area (TPSA) is 78.3 Å².